The van der Waals surface area contributed by atoms with Gasteiger partial charge < -0.3 is 15.4 Å². The van der Waals surface area contributed by atoms with Crippen molar-refractivity contribution in [2.24, 2.45) is 0 Å². The molecule has 0 aliphatic carbocycles. The maximum absolute atomic E-state index is 11.4. The molecule has 96 valence electrons. The fourth-order valence-electron chi connectivity index (χ4n) is 1.28. The molecule has 1 aromatic carbocycles. The number of carbonyl (C=O) groups is 1. The van der Waals surface area contributed by atoms with Crippen LogP contribution in [0.1, 0.15) is 6.42 Å². The lowest BCUT2D eigenvalue weighted by Crippen LogP contribution is -2.30. The second-order valence-electron chi connectivity index (χ2n) is 3.46. The lowest BCUT2D eigenvalue weighted by atomic mass is 10.3. The molecule has 6 heteroatoms. The minimum Gasteiger partial charge on any atom is -0.495 e. The lowest BCUT2D eigenvalue weighted by molar-refractivity contribution is -0.119. The summed E-state index contributed by atoms with van der Waals surface area (Å²) in [6.07, 6.45) is 0.306. The summed E-state index contributed by atoms with van der Waals surface area (Å²) in [6.45, 7) is 0.495. The van der Waals surface area contributed by atoms with Gasteiger partial charge >= 0.3 is 0 Å². The topological polar surface area (TPSA) is 74.2 Å². The summed E-state index contributed by atoms with van der Waals surface area (Å²) in [4.78, 5) is 11.4. The Kier molecular flexibility index (Phi) is 5.81. The molecule has 0 aromatic heterocycles. The molecule has 2 N–H and O–H groups in total. The Bertz CT molecular complexity index is 457. The van der Waals surface area contributed by atoms with Crippen LogP contribution in [-0.2, 0) is 4.79 Å². The molecule has 0 bridgehead atoms. The van der Waals surface area contributed by atoms with Crippen molar-refractivity contribution in [2.45, 2.75) is 6.42 Å². The first-order chi connectivity index (χ1) is 8.67. The molecule has 0 spiro atoms. The highest BCUT2D eigenvalue weighted by Gasteiger charge is 2.03. The SMILES string of the molecule is COc1ccc(NCC(=O)NCCC#N)cc1Cl. The van der Waals surface area contributed by atoms with E-state index in [0.717, 1.165) is 5.69 Å². The number of carbonyl (C=O) groups excluding carboxylic acids is 1. The largest absolute Gasteiger partial charge is 0.495 e. The van der Waals surface area contributed by atoms with Crippen LogP contribution < -0.4 is 15.4 Å². The molecule has 0 aliphatic rings. The summed E-state index contributed by atoms with van der Waals surface area (Å²) in [5, 5.41) is 14.3. The number of hydrogen-bond acceptors (Lipinski definition) is 4. The molecule has 0 fully saturated rings. The zero-order valence-corrected chi connectivity index (χ0v) is 10.8. The number of halogens is 1. The van der Waals surface area contributed by atoms with Crippen molar-refractivity contribution in [2.75, 3.05) is 25.5 Å². The van der Waals surface area contributed by atoms with Crippen molar-refractivity contribution in [3.8, 4) is 11.8 Å². The van der Waals surface area contributed by atoms with Gasteiger partial charge in [-0.25, -0.2) is 0 Å². The van der Waals surface area contributed by atoms with Gasteiger partial charge in [-0.1, -0.05) is 11.6 Å². The Labute approximate surface area is 111 Å². The van der Waals surface area contributed by atoms with Gasteiger partial charge in [0.1, 0.15) is 5.75 Å². The first kappa shape index (κ1) is 14.1. The van der Waals surface area contributed by atoms with Crippen molar-refractivity contribution < 1.29 is 9.53 Å². The second kappa shape index (κ2) is 7.41. The number of nitriles is 1. The van der Waals surface area contributed by atoms with Gasteiger partial charge in [0, 0.05) is 12.2 Å². The molecular weight excluding hydrogens is 254 g/mol. The molecule has 0 saturated carbocycles. The molecule has 1 amide bonds. The Morgan fingerprint density at radius 3 is 2.94 bits per heavy atom. The van der Waals surface area contributed by atoms with Crippen LogP contribution in [0.5, 0.6) is 5.75 Å². The molecule has 0 saturated heterocycles. The van der Waals surface area contributed by atoms with Crippen molar-refractivity contribution in [1.82, 2.24) is 5.32 Å². The van der Waals surface area contributed by atoms with E-state index in [0.29, 0.717) is 23.7 Å². The molecular formula is C12H14ClN3O2. The number of ether oxygens (including phenoxy) is 1. The third kappa shape index (κ3) is 4.52. The van der Waals surface area contributed by atoms with E-state index in [1.165, 1.54) is 7.11 Å². The molecule has 5 nitrogen and oxygen atoms in total. The molecule has 1 aromatic rings. The van der Waals surface area contributed by atoms with Crippen LogP contribution in [0.15, 0.2) is 18.2 Å². The first-order valence-electron chi connectivity index (χ1n) is 5.38. The number of nitrogens with one attached hydrogen (secondary N) is 2. The molecule has 0 heterocycles. The zero-order valence-electron chi connectivity index (χ0n) is 10.00. The molecule has 1 rings (SSSR count). The fourth-order valence-corrected chi connectivity index (χ4v) is 1.54. The molecule has 0 unspecified atom stereocenters. The molecule has 18 heavy (non-hydrogen) atoms. The molecule has 0 atom stereocenters. The highest BCUT2D eigenvalue weighted by molar-refractivity contribution is 6.32. The van der Waals surface area contributed by atoms with Crippen LogP contribution in [0.3, 0.4) is 0 Å². The van der Waals surface area contributed by atoms with E-state index in [2.05, 4.69) is 10.6 Å². The van der Waals surface area contributed by atoms with Gasteiger partial charge in [0.2, 0.25) is 5.91 Å². The summed E-state index contributed by atoms with van der Waals surface area (Å²) in [7, 11) is 1.54. The fraction of sp³-hybridized carbons (Fsp3) is 0.333. The van der Waals surface area contributed by atoms with Gasteiger partial charge in [0.25, 0.3) is 0 Å². The maximum Gasteiger partial charge on any atom is 0.239 e. The van der Waals surface area contributed by atoms with Crippen LogP contribution in [0.4, 0.5) is 5.69 Å². The van der Waals surface area contributed by atoms with Gasteiger partial charge in [0.15, 0.2) is 0 Å². The maximum atomic E-state index is 11.4. The number of methoxy groups -OCH3 is 1. The minimum atomic E-state index is -0.169. The van der Waals surface area contributed by atoms with Crippen molar-refractivity contribution >= 4 is 23.2 Å². The Balaban J connectivity index is 2.42. The van der Waals surface area contributed by atoms with Crippen LogP contribution in [-0.4, -0.2) is 26.1 Å². The van der Waals surface area contributed by atoms with Crippen LogP contribution in [0.2, 0.25) is 5.02 Å². The van der Waals surface area contributed by atoms with Crippen molar-refractivity contribution in [1.29, 1.82) is 5.26 Å². The number of rotatable bonds is 6. The van der Waals surface area contributed by atoms with E-state index in [1.54, 1.807) is 18.2 Å². The van der Waals surface area contributed by atoms with Gasteiger partial charge in [-0.2, -0.15) is 5.26 Å². The highest BCUT2D eigenvalue weighted by Crippen LogP contribution is 2.26. The molecule has 0 aliphatic heterocycles. The Morgan fingerprint density at radius 1 is 1.56 bits per heavy atom. The third-order valence-corrected chi connectivity index (χ3v) is 2.46. The Hall–Kier alpha value is -1.93. The second-order valence-corrected chi connectivity index (χ2v) is 3.87. The van der Waals surface area contributed by atoms with E-state index < -0.39 is 0 Å². The predicted octanol–water partition coefficient (Wildman–Crippen LogP) is 1.79. The zero-order chi connectivity index (χ0) is 13.4. The number of nitrogens with zero attached hydrogens (tertiary/aromatic N) is 1. The predicted molar refractivity (Wildman–Crippen MR) is 69.7 cm³/mol. The number of amides is 1. The summed E-state index contributed by atoms with van der Waals surface area (Å²) in [5.74, 6) is 0.415. The van der Waals surface area contributed by atoms with Crippen LogP contribution >= 0.6 is 11.6 Å². The smallest absolute Gasteiger partial charge is 0.239 e. The lowest BCUT2D eigenvalue weighted by Gasteiger charge is -2.08. The van der Waals surface area contributed by atoms with Gasteiger partial charge in [0.05, 0.1) is 31.2 Å². The van der Waals surface area contributed by atoms with E-state index in [9.17, 15) is 4.79 Å². The van der Waals surface area contributed by atoms with Crippen LogP contribution in [0.25, 0.3) is 0 Å². The van der Waals surface area contributed by atoms with Gasteiger partial charge in [-0.15, -0.1) is 0 Å². The number of anilines is 1. The van der Waals surface area contributed by atoms with E-state index in [4.69, 9.17) is 21.6 Å². The summed E-state index contributed by atoms with van der Waals surface area (Å²) in [5.41, 5.74) is 0.733. The van der Waals surface area contributed by atoms with E-state index >= 15 is 0 Å². The standard InChI is InChI=1S/C12H14ClN3O2/c1-18-11-4-3-9(7-10(11)13)16-8-12(17)15-6-2-5-14/h3-4,7,16H,2,6,8H2,1H3,(H,15,17). The van der Waals surface area contributed by atoms with Gasteiger partial charge in [-0.05, 0) is 18.2 Å². The van der Waals surface area contributed by atoms with Crippen LogP contribution in [0, 0.1) is 11.3 Å². The monoisotopic (exact) mass is 267 g/mol. The average Bonchev–Trinajstić information content (AvgIpc) is 2.37. The minimum absolute atomic E-state index is 0.133. The van der Waals surface area contributed by atoms with Crippen molar-refractivity contribution in [3.05, 3.63) is 23.2 Å². The first-order valence-corrected chi connectivity index (χ1v) is 5.76. The van der Waals surface area contributed by atoms with E-state index in [-0.39, 0.29) is 12.5 Å². The summed E-state index contributed by atoms with van der Waals surface area (Å²) < 4.78 is 5.02. The van der Waals surface area contributed by atoms with Crippen molar-refractivity contribution in [3.63, 3.8) is 0 Å². The quantitative estimate of drug-likeness (QED) is 0.771. The van der Waals surface area contributed by atoms with Gasteiger partial charge in [-0.3, -0.25) is 4.79 Å². The highest BCUT2D eigenvalue weighted by atomic mass is 35.5. The summed E-state index contributed by atoms with van der Waals surface area (Å²) >= 11 is 5.95. The number of hydrogen-bond donors (Lipinski definition) is 2. The van der Waals surface area contributed by atoms with E-state index in [1.807, 2.05) is 6.07 Å². The average molecular weight is 268 g/mol. The molecule has 0 radical (unpaired) electrons. The number of benzene rings is 1. The Morgan fingerprint density at radius 2 is 2.33 bits per heavy atom. The third-order valence-electron chi connectivity index (χ3n) is 2.16. The summed E-state index contributed by atoms with van der Waals surface area (Å²) in [6, 6.07) is 7.13. The normalized spacial score (nSPS) is 9.39.